The minimum absolute atomic E-state index is 0.0340. The molecule has 1 aliphatic carbocycles. The fraction of sp³-hybridized carbons (Fsp3) is 0.652. The van der Waals surface area contributed by atoms with Crippen molar-refractivity contribution >= 4 is 20.4 Å². The number of alkyl carbamates (subject to hydrolysis) is 1. The van der Waals surface area contributed by atoms with E-state index in [2.05, 4.69) is 39.2 Å². The van der Waals surface area contributed by atoms with E-state index < -0.39 is 26.4 Å². The van der Waals surface area contributed by atoms with Crippen molar-refractivity contribution in [1.29, 1.82) is 0 Å². The number of aliphatic carboxylic acids is 1. The first-order valence-corrected chi connectivity index (χ1v) is 13.8. The quantitative estimate of drug-likeness (QED) is 0.539. The van der Waals surface area contributed by atoms with Crippen LogP contribution in [0.5, 0.6) is 0 Å². The summed E-state index contributed by atoms with van der Waals surface area (Å²) < 4.78 is 12.0. The lowest BCUT2D eigenvalue weighted by atomic mass is 9.80. The second kappa shape index (κ2) is 10.4. The van der Waals surface area contributed by atoms with Crippen molar-refractivity contribution in [3.8, 4) is 0 Å². The van der Waals surface area contributed by atoms with Gasteiger partial charge in [-0.2, -0.15) is 0 Å². The predicted octanol–water partition coefficient (Wildman–Crippen LogP) is 5.34. The molecule has 0 spiro atoms. The number of benzene rings is 1. The van der Waals surface area contributed by atoms with E-state index in [4.69, 9.17) is 9.16 Å². The van der Waals surface area contributed by atoms with Crippen molar-refractivity contribution in [2.45, 2.75) is 89.8 Å². The lowest BCUT2D eigenvalue weighted by Gasteiger charge is -2.44. The van der Waals surface area contributed by atoms with Crippen molar-refractivity contribution in [2.75, 3.05) is 0 Å². The van der Waals surface area contributed by atoms with Crippen LogP contribution in [0.2, 0.25) is 18.1 Å². The molecule has 0 bridgehead atoms. The Bertz CT molecular complexity index is 701. The fourth-order valence-corrected chi connectivity index (χ4v) is 5.10. The monoisotopic (exact) mass is 435 g/mol. The molecule has 6 nitrogen and oxygen atoms in total. The van der Waals surface area contributed by atoms with Crippen LogP contribution in [0, 0.1) is 5.92 Å². The number of carbonyl (C=O) groups excluding carboxylic acids is 1. The van der Waals surface area contributed by atoms with Gasteiger partial charge >= 0.3 is 12.1 Å². The summed E-state index contributed by atoms with van der Waals surface area (Å²) in [4.78, 5) is 24.0. The third-order valence-corrected chi connectivity index (χ3v) is 10.9. The zero-order chi connectivity index (χ0) is 22.4. The summed E-state index contributed by atoms with van der Waals surface area (Å²) in [6.45, 7) is 11.2. The molecule has 3 atom stereocenters. The molecule has 7 heteroatoms. The Morgan fingerprint density at radius 3 is 2.40 bits per heavy atom. The maximum absolute atomic E-state index is 12.4. The molecule has 168 valence electrons. The van der Waals surface area contributed by atoms with E-state index in [0.717, 1.165) is 31.2 Å². The van der Waals surface area contributed by atoms with E-state index in [1.165, 1.54) is 0 Å². The lowest BCUT2D eigenvalue weighted by Crippen LogP contribution is -2.52. The zero-order valence-electron chi connectivity index (χ0n) is 18.9. The summed E-state index contributed by atoms with van der Waals surface area (Å²) in [6, 6.07) is 8.92. The van der Waals surface area contributed by atoms with Crippen LogP contribution >= 0.6 is 0 Å². The Kier molecular flexibility index (Phi) is 8.49. The molecule has 1 aromatic carbocycles. The molecule has 0 aliphatic heterocycles. The van der Waals surface area contributed by atoms with Crippen molar-refractivity contribution in [3.05, 3.63) is 35.9 Å². The van der Waals surface area contributed by atoms with Crippen LogP contribution in [-0.2, 0) is 20.6 Å². The molecule has 1 aliphatic rings. The molecule has 1 fully saturated rings. The Morgan fingerprint density at radius 2 is 1.80 bits per heavy atom. The minimum Gasteiger partial charge on any atom is -0.481 e. The number of carboxylic acids is 1. The molecule has 1 aromatic rings. The highest BCUT2D eigenvalue weighted by atomic mass is 28.4. The largest absolute Gasteiger partial charge is 0.481 e. The molecule has 30 heavy (non-hydrogen) atoms. The smallest absolute Gasteiger partial charge is 0.407 e. The standard InChI is InChI=1S/C23H37NO5Si/c1-23(2,3)30(4,5)29-20-14-10-9-13-18(20)19(15-21(25)26)24-22(27)28-16-17-11-7-6-8-12-17/h6-8,11-12,18-20H,9-10,13-16H2,1-5H3,(H,24,27)(H,25,26). The number of amides is 1. The molecule has 0 heterocycles. The van der Waals surface area contributed by atoms with Gasteiger partial charge in [0.15, 0.2) is 8.32 Å². The topological polar surface area (TPSA) is 84.9 Å². The number of ether oxygens (including phenoxy) is 1. The summed E-state index contributed by atoms with van der Waals surface area (Å²) in [7, 11) is -2.01. The highest BCUT2D eigenvalue weighted by molar-refractivity contribution is 6.74. The van der Waals surface area contributed by atoms with Crippen LogP contribution in [0.4, 0.5) is 4.79 Å². The molecule has 0 saturated heterocycles. The normalized spacial score (nSPS) is 21.0. The number of carboxylic acid groups (broad SMARTS) is 1. The van der Waals surface area contributed by atoms with Crippen molar-refractivity contribution in [1.82, 2.24) is 5.32 Å². The van der Waals surface area contributed by atoms with Crippen LogP contribution in [0.3, 0.4) is 0 Å². The number of nitrogens with one attached hydrogen (secondary N) is 1. The Balaban J connectivity index is 2.08. The number of rotatable bonds is 8. The highest BCUT2D eigenvalue weighted by Gasteiger charge is 2.43. The third kappa shape index (κ3) is 7.13. The molecular weight excluding hydrogens is 398 g/mol. The first kappa shape index (κ1) is 24.4. The Labute approximate surface area is 181 Å². The maximum Gasteiger partial charge on any atom is 0.407 e. The molecule has 2 N–H and O–H groups in total. The van der Waals surface area contributed by atoms with Gasteiger partial charge in [0.05, 0.1) is 6.42 Å². The second-order valence-corrected chi connectivity index (χ2v) is 14.5. The van der Waals surface area contributed by atoms with Gasteiger partial charge in [-0.15, -0.1) is 0 Å². The average Bonchev–Trinajstić information content (AvgIpc) is 2.65. The number of carbonyl (C=O) groups is 2. The predicted molar refractivity (Wildman–Crippen MR) is 120 cm³/mol. The average molecular weight is 436 g/mol. The third-order valence-electron chi connectivity index (χ3n) is 6.43. The SMILES string of the molecule is CC(C)(C)[Si](C)(C)OC1CCCCC1C(CC(=O)O)NC(=O)OCc1ccccc1. The number of hydrogen-bond acceptors (Lipinski definition) is 4. The Morgan fingerprint density at radius 1 is 1.17 bits per heavy atom. The van der Waals surface area contributed by atoms with Crippen LogP contribution in [0.15, 0.2) is 30.3 Å². The first-order valence-electron chi connectivity index (χ1n) is 10.9. The lowest BCUT2D eigenvalue weighted by molar-refractivity contribution is -0.138. The van der Waals surface area contributed by atoms with Crippen LogP contribution in [-0.4, -0.2) is 37.6 Å². The van der Waals surface area contributed by atoms with Crippen molar-refractivity contribution in [3.63, 3.8) is 0 Å². The fourth-order valence-electron chi connectivity index (χ4n) is 3.70. The number of hydrogen-bond donors (Lipinski definition) is 2. The summed E-state index contributed by atoms with van der Waals surface area (Å²) in [5.74, 6) is -0.965. The van der Waals surface area contributed by atoms with Gasteiger partial charge in [0.1, 0.15) is 6.61 Å². The first-order chi connectivity index (χ1) is 14.0. The summed E-state index contributed by atoms with van der Waals surface area (Å²) in [6.07, 6.45) is 3.06. The molecule has 2 rings (SSSR count). The molecule has 0 radical (unpaired) electrons. The summed E-state index contributed by atoms with van der Waals surface area (Å²) >= 11 is 0. The van der Waals surface area contributed by atoms with Crippen LogP contribution < -0.4 is 5.32 Å². The molecular formula is C23H37NO5Si. The maximum atomic E-state index is 12.4. The van der Waals surface area contributed by atoms with Gasteiger partial charge in [0, 0.05) is 18.1 Å². The molecule has 1 amide bonds. The molecule has 1 saturated carbocycles. The van der Waals surface area contributed by atoms with Crippen molar-refractivity contribution in [2.24, 2.45) is 5.92 Å². The van der Waals surface area contributed by atoms with Gasteiger partial charge < -0.3 is 19.6 Å². The highest BCUT2D eigenvalue weighted by Crippen LogP contribution is 2.41. The van der Waals surface area contributed by atoms with E-state index in [1.807, 2.05) is 30.3 Å². The van der Waals surface area contributed by atoms with E-state index in [1.54, 1.807) is 0 Å². The van der Waals surface area contributed by atoms with Gasteiger partial charge in [-0.05, 0) is 36.5 Å². The van der Waals surface area contributed by atoms with Gasteiger partial charge in [-0.3, -0.25) is 4.79 Å². The molecule has 3 unspecified atom stereocenters. The van der Waals surface area contributed by atoms with Crippen LogP contribution in [0.1, 0.15) is 58.4 Å². The van der Waals surface area contributed by atoms with E-state index in [0.29, 0.717) is 0 Å². The van der Waals surface area contributed by atoms with E-state index in [9.17, 15) is 14.7 Å². The van der Waals surface area contributed by atoms with Crippen molar-refractivity contribution < 1.29 is 23.9 Å². The minimum atomic E-state index is -2.01. The van der Waals surface area contributed by atoms with Gasteiger partial charge in [0.2, 0.25) is 0 Å². The Hall–Kier alpha value is -1.86. The second-order valence-electron chi connectivity index (χ2n) is 9.78. The van der Waals surface area contributed by atoms with E-state index in [-0.39, 0.29) is 30.1 Å². The van der Waals surface area contributed by atoms with Gasteiger partial charge in [-0.25, -0.2) is 4.79 Å². The van der Waals surface area contributed by atoms with E-state index >= 15 is 0 Å². The van der Waals surface area contributed by atoms with Crippen LogP contribution in [0.25, 0.3) is 0 Å². The molecule has 0 aromatic heterocycles. The van der Waals surface area contributed by atoms with Gasteiger partial charge in [-0.1, -0.05) is 63.9 Å². The summed E-state index contributed by atoms with van der Waals surface area (Å²) in [5, 5.41) is 12.4. The van der Waals surface area contributed by atoms with Gasteiger partial charge in [0.25, 0.3) is 0 Å². The zero-order valence-corrected chi connectivity index (χ0v) is 19.9. The summed E-state index contributed by atoms with van der Waals surface area (Å²) in [5.41, 5.74) is 0.888.